The van der Waals surface area contributed by atoms with E-state index in [-0.39, 0.29) is 5.91 Å². The summed E-state index contributed by atoms with van der Waals surface area (Å²) in [6, 6.07) is 7.76. The van der Waals surface area contributed by atoms with Crippen molar-refractivity contribution in [3.63, 3.8) is 0 Å². The molecule has 0 unspecified atom stereocenters. The van der Waals surface area contributed by atoms with Crippen LogP contribution in [0.5, 0.6) is 0 Å². The highest BCUT2D eigenvalue weighted by molar-refractivity contribution is 5.95. The third-order valence-electron chi connectivity index (χ3n) is 2.81. The predicted octanol–water partition coefficient (Wildman–Crippen LogP) is 2.39. The van der Waals surface area contributed by atoms with Crippen LogP contribution in [0.3, 0.4) is 0 Å². The van der Waals surface area contributed by atoms with E-state index in [4.69, 9.17) is 4.42 Å². The van der Waals surface area contributed by atoms with Gasteiger partial charge in [-0.25, -0.2) is 5.01 Å². The van der Waals surface area contributed by atoms with Gasteiger partial charge in [0.1, 0.15) is 0 Å². The van der Waals surface area contributed by atoms with E-state index in [1.54, 1.807) is 31.6 Å². The number of furan rings is 1. The second kappa shape index (κ2) is 5.71. The number of rotatable bonds is 4. The summed E-state index contributed by atoms with van der Waals surface area (Å²) < 4.78 is 5.07. The van der Waals surface area contributed by atoms with Gasteiger partial charge in [-0.05, 0) is 30.2 Å². The Kier molecular flexibility index (Phi) is 4.02. The van der Waals surface area contributed by atoms with Gasteiger partial charge in [0.05, 0.1) is 12.5 Å². The van der Waals surface area contributed by atoms with Gasteiger partial charge in [-0.2, -0.15) is 0 Å². The molecule has 1 N–H and O–H groups in total. The first-order chi connectivity index (χ1) is 9.06. The van der Waals surface area contributed by atoms with Gasteiger partial charge in [0.15, 0.2) is 0 Å². The fraction of sp³-hybridized carbons (Fsp3) is 0.267. The predicted molar refractivity (Wildman–Crippen MR) is 73.8 cm³/mol. The molecule has 0 aliphatic carbocycles. The maximum atomic E-state index is 12.1. The van der Waals surface area contributed by atoms with E-state index in [9.17, 15) is 4.79 Å². The van der Waals surface area contributed by atoms with Crippen LogP contribution in [0.1, 0.15) is 27.0 Å². The van der Waals surface area contributed by atoms with Gasteiger partial charge in [-0.15, -0.1) is 0 Å². The first kappa shape index (κ1) is 13.4. The van der Waals surface area contributed by atoms with Gasteiger partial charge >= 0.3 is 0 Å². The molecule has 4 heteroatoms. The second-order valence-electron chi connectivity index (χ2n) is 4.80. The number of nitrogens with one attached hydrogen (secondary N) is 1. The molecule has 0 atom stereocenters. The molecule has 2 aromatic rings. The van der Waals surface area contributed by atoms with Gasteiger partial charge in [-0.3, -0.25) is 10.2 Å². The van der Waals surface area contributed by atoms with E-state index >= 15 is 0 Å². The Hall–Kier alpha value is -2.07. The molecule has 1 heterocycles. The monoisotopic (exact) mass is 258 g/mol. The van der Waals surface area contributed by atoms with Gasteiger partial charge in [0.2, 0.25) is 0 Å². The fourth-order valence-electron chi connectivity index (χ4n) is 1.97. The van der Waals surface area contributed by atoms with Crippen LogP contribution in [-0.4, -0.2) is 25.0 Å². The topological polar surface area (TPSA) is 45.5 Å². The van der Waals surface area contributed by atoms with E-state index in [1.165, 1.54) is 0 Å². The van der Waals surface area contributed by atoms with Crippen LogP contribution in [0, 0.1) is 6.92 Å². The van der Waals surface area contributed by atoms with Crippen LogP contribution in [-0.2, 0) is 6.42 Å². The summed E-state index contributed by atoms with van der Waals surface area (Å²) in [5.41, 5.74) is 6.66. The number of carbonyl (C=O) groups excluding carboxylic acids is 1. The molecule has 0 aliphatic rings. The van der Waals surface area contributed by atoms with Crippen molar-refractivity contribution in [1.82, 2.24) is 10.4 Å². The Bertz CT molecular complexity index is 560. The molecule has 0 fully saturated rings. The molecule has 1 aromatic carbocycles. The van der Waals surface area contributed by atoms with Crippen molar-refractivity contribution in [2.24, 2.45) is 0 Å². The summed E-state index contributed by atoms with van der Waals surface area (Å²) in [4.78, 5) is 12.1. The summed E-state index contributed by atoms with van der Waals surface area (Å²) in [5, 5.41) is 1.64. The molecule has 0 spiro atoms. The van der Waals surface area contributed by atoms with Crippen molar-refractivity contribution < 1.29 is 9.21 Å². The van der Waals surface area contributed by atoms with Crippen molar-refractivity contribution in [3.05, 3.63) is 59.0 Å². The van der Waals surface area contributed by atoms with Crippen molar-refractivity contribution >= 4 is 5.91 Å². The van der Waals surface area contributed by atoms with Gasteiger partial charge in [-0.1, -0.05) is 17.7 Å². The lowest BCUT2D eigenvalue weighted by atomic mass is 9.99. The van der Waals surface area contributed by atoms with Crippen LogP contribution in [0.4, 0.5) is 0 Å². The van der Waals surface area contributed by atoms with Gasteiger partial charge in [0, 0.05) is 26.1 Å². The Morgan fingerprint density at radius 2 is 2.11 bits per heavy atom. The number of benzene rings is 1. The maximum Gasteiger partial charge on any atom is 0.265 e. The second-order valence-corrected chi connectivity index (χ2v) is 4.80. The average molecular weight is 258 g/mol. The zero-order valence-electron chi connectivity index (χ0n) is 11.4. The van der Waals surface area contributed by atoms with Crippen LogP contribution in [0.2, 0.25) is 0 Å². The number of hydrogen-bond acceptors (Lipinski definition) is 3. The standard InChI is InChI=1S/C15H18N2O2/c1-11-4-5-14(15(18)16-17(2)3)13(8-11)9-12-6-7-19-10-12/h4-8,10H,9H2,1-3H3,(H,16,18). The summed E-state index contributed by atoms with van der Waals surface area (Å²) in [7, 11) is 3.59. The van der Waals surface area contributed by atoms with E-state index in [0.717, 1.165) is 16.7 Å². The van der Waals surface area contributed by atoms with E-state index in [2.05, 4.69) is 5.43 Å². The SMILES string of the molecule is Cc1ccc(C(=O)NN(C)C)c(Cc2ccoc2)c1. The van der Waals surface area contributed by atoms with Crippen LogP contribution in [0.15, 0.2) is 41.2 Å². The number of hydrogen-bond donors (Lipinski definition) is 1. The molecule has 1 amide bonds. The Balaban J connectivity index is 2.30. The highest BCUT2D eigenvalue weighted by atomic mass is 16.3. The molecular formula is C15H18N2O2. The summed E-state index contributed by atoms with van der Waals surface area (Å²) in [6.45, 7) is 2.02. The zero-order valence-corrected chi connectivity index (χ0v) is 11.4. The zero-order chi connectivity index (χ0) is 13.8. The summed E-state index contributed by atoms with van der Waals surface area (Å²) in [6.07, 6.45) is 4.04. The smallest absolute Gasteiger partial charge is 0.265 e. The normalized spacial score (nSPS) is 10.7. The lowest BCUT2D eigenvalue weighted by Crippen LogP contribution is -2.36. The van der Waals surface area contributed by atoms with E-state index in [1.807, 2.05) is 31.2 Å². The highest BCUT2D eigenvalue weighted by Gasteiger charge is 2.12. The molecular weight excluding hydrogens is 240 g/mol. The molecule has 0 saturated heterocycles. The highest BCUT2D eigenvalue weighted by Crippen LogP contribution is 2.17. The minimum Gasteiger partial charge on any atom is -0.472 e. The third kappa shape index (κ3) is 3.45. The molecule has 1 aromatic heterocycles. The minimum absolute atomic E-state index is 0.0940. The minimum atomic E-state index is -0.0940. The van der Waals surface area contributed by atoms with Crippen molar-refractivity contribution in [1.29, 1.82) is 0 Å². The van der Waals surface area contributed by atoms with Gasteiger partial charge in [0.25, 0.3) is 5.91 Å². The average Bonchev–Trinajstić information content (AvgIpc) is 2.80. The summed E-state index contributed by atoms with van der Waals surface area (Å²) >= 11 is 0. The lowest BCUT2D eigenvalue weighted by Gasteiger charge is -2.14. The first-order valence-electron chi connectivity index (χ1n) is 6.15. The number of aryl methyl sites for hydroxylation is 1. The van der Waals surface area contributed by atoms with Crippen molar-refractivity contribution in [2.45, 2.75) is 13.3 Å². The Morgan fingerprint density at radius 1 is 1.32 bits per heavy atom. The van der Waals surface area contributed by atoms with Crippen LogP contribution >= 0.6 is 0 Å². The summed E-state index contributed by atoms with van der Waals surface area (Å²) in [5.74, 6) is -0.0940. The molecule has 0 aliphatic heterocycles. The first-order valence-corrected chi connectivity index (χ1v) is 6.15. The largest absolute Gasteiger partial charge is 0.472 e. The molecule has 2 rings (SSSR count). The Morgan fingerprint density at radius 3 is 2.74 bits per heavy atom. The fourth-order valence-corrected chi connectivity index (χ4v) is 1.97. The number of nitrogens with zero attached hydrogens (tertiary/aromatic N) is 1. The molecule has 4 nitrogen and oxygen atoms in total. The van der Waals surface area contributed by atoms with Crippen LogP contribution < -0.4 is 5.43 Å². The number of amides is 1. The van der Waals surface area contributed by atoms with Crippen LogP contribution in [0.25, 0.3) is 0 Å². The number of hydrazine groups is 1. The molecule has 19 heavy (non-hydrogen) atoms. The molecule has 0 bridgehead atoms. The van der Waals surface area contributed by atoms with Crippen molar-refractivity contribution in [3.8, 4) is 0 Å². The molecule has 0 saturated carbocycles. The lowest BCUT2D eigenvalue weighted by molar-refractivity contribution is 0.0856. The Labute approximate surface area is 113 Å². The molecule has 0 radical (unpaired) electrons. The third-order valence-corrected chi connectivity index (χ3v) is 2.81. The quantitative estimate of drug-likeness (QED) is 0.856. The maximum absolute atomic E-state index is 12.1. The van der Waals surface area contributed by atoms with Crippen molar-refractivity contribution in [2.75, 3.05) is 14.1 Å². The molecule has 100 valence electrons. The van der Waals surface area contributed by atoms with E-state index < -0.39 is 0 Å². The number of carbonyl (C=O) groups is 1. The van der Waals surface area contributed by atoms with Gasteiger partial charge < -0.3 is 4.42 Å². The van der Waals surface area contributed by atoms with E-state index in [0.29, 0.717) is 12.0 Å².